The number of rotatable bonds is 4. The van der Waals surface area contributed by atoms with Crippen LogP contribution < -0.4 is 10.2 Å². The Morgan fingerprint density at radius 3 is 2.32 bits per heavy atom. The van der Waals surface area contributed by atoms with Gasteiger partial charge in [-0.1, -0.05) is 0 Å². The minimum Gasteiger partial charge on any atom is -0.508 e. The molecular weight excluding hydrogens is 452 g/mol. The van der Waals surface area contributed by atoms with Crippen molar-refractivity contribution in [2.24, 2.45) is 0 Å². The van der Waals surface area contributed by atoms with Crippen LogP contribution in [0.2, 0.25) is 0 Å². The van der Waals surface area contributed by atoms with Crippen LogP contribution in [0.5, 0.6) is 23.0 Å². The molecule has 0 saturated carbocycles. The number of carbonyl (C=O) groups excluding carboxylic acids is 1. The van der Waals surface area contributed by atoms with E-state index in [1.54, 1.807) is 0 Å². The fourth-order valence-electron chi connectivity index (χ4n) is 3.75. The highest BCUT2D eigenvalue weighted by molar-refractivity contribution is 5.88. The SMILES string of the molecule is CC(=O)O[C@@H]1[C@H](O)[C@H](O)[C@H](Oc2c(-c3ccc(O)cc3)oc3cc(O)cc(O)c3c2=O)O[C@H]1C. The van der Waals surface area contributed by atoms with Crippen LogP contribution in [0.25, 0.3) is 22.3 Å². The van der Waals surface area contributed by atoms with E-state index in [0.717, 1.165) is 19.1 Å². The van der Waals surface area contributed by atoms with Gasteiger partial charge in [0, 0.05) is 24.6 Å². The lowest BCUT2D eigenvalue weighted by atomic mass is 9.99. The number of fused-ring (bicyclic) bond motifs is 1. The molecule has 11 heteroatoms. The normalized spacial score (nSPS) is 24.6. The third kappa shape index (κ3) is 4.23. The minimum atomic E-state index is -1.73. The molecule has 1 aromatic heterocycles. The highest BCUT2D eigenvalue weighted by Gasteiger charge is 2.46. The molecule has 2 aromatic carbocycles. The third-order valence-corrected chi connectivity index (χ3v) is 5.36. The van der Waals surface area contributed by atoms with Gasteiger partial charge in [-0.2, -0.15) is 0 Å². The predicted molar refractivity (Wildman–Crippen MR) is 115 cm³/mol. The largest absolute Gasteiger partial charge is 0.508 e. The number of phenols is 3. The molecule has 0 aliphatic carbocycles. The summed E-state index contributed by atoms with van der Waals surface area (Å²) in [4.78, 5) is 24.6. The summed E-state index contributed by atoms with van der Waals surface area (Å²) in [5.41, 5.74) is -0.709. The average Bonchev–Trinajstić information content (AvgIpc) is 2.76. The number of carbonyl (C=O) groups is 1. The maximum absolute atomic E-state index is 13.3. The van der Waals surface area contributed by atoms with Crippen LogP contribution in [0.3, 0.4) is 0 Å². The highest BCUT2D eigenvalue weighted by Crippen LogP contribution is 2.37. The van der Waals surface area contributed by atoms with Crippen molar-refractivity contribution in [2.45, 2.75) is 44.6 Å². The monoisotopic (exact) mass is 474 g/mol. The fraction of sp³-hybridized carbons (Fsp3) is 0.304. The summed E-state index contributed by atoms with van der Waals surface area (Å²) in [6.07, 6.45) is -6.98. The third-order valence-electron chi connectivity index (χ3n) is 5.36. The van der Waals surface area contributed by atoms with Crippen molar-refractivity contribution in [3.63, 3.8) is 0 Å². The molecule has 1 fully saturated rings. The number of hydrogen-bond donors (Lipinski definition) is 5. The summed E-state index contributed by atoms with van der Waals surface area (Å²) >= 11 is 0. The van der Waals surface area contributed by atoms with Crippen molar-refractivity contribution < 1.29 is 49.0 Å². The first-order chi connectivity index (χ1) is 16.1. The van der Waals surface area contributed by atoms with E-state index in [1.807, 2.05) is 0 Å². The number of benzene rings is 2. The van der Waals surface area contributed by atoms with E-state index in [1.165, 1.54) is 31.2 Å². The van der Waals surface area contributed by atoms with E-state index in [4.69, 9.17) is 18.6 Å². The number of esters is 1. The Morgan fingerprint density at radius 1 is 1.00 bits per heavy atom. The zero-order valence-electron chi connectivity index (χ0n) is 18.0. The Labute approximate surface area is 192 Å². The van der Waals surface area contributed by atoms with Crippen LogP contribution in [0.1, 0.15) is 13.8 Å². The van der Waals surface area contributed by atoms with Crippen molar-refractivity contribution in [2.75, 3.05) is 0 Å². The van der Waals surface area contributed by atoms with E-state index >= 15 is 0 Å². The molecule has 180 valence electrons. The van der Waals surface area contributed by atoms with E-state index < -0.39 is 53.6 Å². The van der Waals surface area contributed by atoms with E-state index in [-0.39, 0.29) is 33.8 Å². The van der Waals surface area contributed by atoms with Crippen LogP contribution in [0.15, 0.2) is 45.6 Å². The average molecular weight is 474 g/mol. The van der Waals surface area contributed by atoms with Gasteiger partial charge >= 0.3 is 5.97 Å². The number of aliphatic hydroxyl groups excluding tert-OH is 2. The Morgan fingerprint density at radius 2 is 1.68 bits per heavy atom. The van der Waals surface area contributed by atoms with E-state index in [2.05, 4.69) is 0 Å². The van der Waals surface area contributed by atoms with Gasteiger partial charge in [0.15, 0.2) is 11.9 Å². The second-order valence-corrected chi connectivity index (χ2v) is 7.86. The molecule has 0 radical (unpaired) electrons. The molecule has 11 nitrogen and oxygen atoms in total. The molecule has 1 aliphatic heterocycles. The number of ether oxygens (including phenoxy) is 3. The Hall–Kier alpha value is -3.80. The molecule has 5 N–H and O–H groups in total. The van der Waals surface area contributed by atoms with Gasteiger partial charge in [0.1, 0.15) is 40.4 Å². The molecule has 1 saturated heterocycles. The lowest BCUT2D eigenvalue weighted by Crippen LogP contribution is -2.59. The second kappa shape index (κ2) is 8.86. The first kappa shape index (κ1) is 23.4. The summed E-state index contributed by atoms with van der Waals surface area (Å²) in [5.74, 6) is -2.27. The molecular formula is C23H22O11. The molecule has 3 aromatic rings. The zero-order valence-corrected chi connectivity index (χ0v) is 18.0. The van der Waals surface area contributed by atoms with Gasteiger partial charge in [-0.3, -0.25) is 9.59 Å². The molecule has 2 heterocycles. The van der Waals surface area contributed by atoms with Crippen molar-refractivity contribution in [3.8, 4) is 34.3 Å². The molecule has 0 spiro atoms. The van der Waals surface area contributed by atoms with Crippen LogP contribution >= 0.6 is 0 Å². The summed E-state index contributed by atoms with van der Waals surface area (Å²) in [5, 5.41) is 50.4. The highest BCUT2D eigenvalue weighted by atomic mass is 16.7. The number of aliphatic hydroxyl groups is 2. The van der Waals surface area contributed by atoms with Gasteiger partial charge in [-0.05, 0) is 31.2 Å². The van der Waals surface area contributed by atoms with Crippen LogP contribution in [0.4, 0.5) is 0 Å². The van der Waals surface area contributed by atoms with Gasteiger partial charge in [0.25, 0.3) is 0 Å². The van der Waals surface area contributed by atoms with Gasteiger partial charge in [-0.15, -0.1) is 0 Å². The maximum Gasteiger partial charge on any atom is 0.303 e. The maximum atomic E-state index is 13.3. The Bertz CT molecular complexity index is 1280. The van der Waals surface area contributed by atoms with Crippen molar-refractivity contribution in [1.82, 2.24) is 0 Å². The van der Waals surface area contributed by atoms with Crippen LogP contribution in [-0.4, -0.2) is 62.2 Å². The van der Waals surface area contributed by atoms with Gasteiger partial charge in [0.05, 0.1) is 6.10 Å². The minimum absolute atomic E-state index is 0.0517. The number of phenolic OH excluding ortho intramolecular Hbond substituents is 3. The molecule has 34 heavy (non-hydrogen) atoms. The standard InChI is InChI=1S/C23H22O11/c1-9-20(32-10(2)24)18(29)19(30)23(31-9)34-22-17(28)16-14(27)7-13(26)8-15(16)33-21(22)11-3-5-12(25)6-4-11/h3-9,18-20,23,25-27,29-30H,1-2H3/t9-,18+,19-,20-,23-/m0/s1. The Kier molecular flexibility index (Phi) is 6.09. The lowest BCUT2D eigenvalue weighted by molar-refractivity contribution is -0.272. The number of aromatic hydroxyl groups is 3. The molecule has 4 rings (SSSR count). The molecule has 5 atom stereocenters. The van der Waals surface area contributed by atoms with Gasteiger partial charge in [-0.25, -0.2) is 0 Å². The fourth-order valence-corrected chi connectivity index (χ4v) is 3.75. The van der Waals surface area contributed by atoms with Crippen LogP contribution in [0, 0.1) is 0 Å². The van der Waals surface area contributed by atoms with Crippen molar-refractivity contribution in [1.29, 1.82) is 0 Å². The quantitative estimate of drug-likeness (QED) is 0.345. The summed E-state index contributed by atoms with van der Waals surface area (Å²) in [6.45, 7) is 2.63. The molecule has 1 aliphatic rings. The smallest absolute Gasteiger partial charge is 0.303 e. The molecule has 0 unspecified atom stereocenters. The Balaban J connectivity index is 1.82. The van der Waals surface area contributed by atoms with Crippen molar-refractivity contribution in [3.05, 3.63) is 46.6 Å². The van der Waals surface area contributed by atoms with Crippen molar-refractivity contribution >= 4 is 16.9 Å². The second-order valence-electron chi connectivity index (χ2n) is 7.86. The summed E-state index contributed by atoms with van der Waals surface area (Å²) in [7, 11) is 0. The van der Waals surface area contributed by atoms with Crippen LogP contribution in [-0.2, 0) is 14.3 Å². The summed E-state index contributed by atoms with van der Waals surface area (Å²) in [6, 6.07) is 7.62. The molecule has 0 bridgehead atoms. The first-order valence-electron chi connectivity index (χ1n) is 10.2. The predicted octanol–water partition coefficient (Wildman–Crippen LogP) is 1.35. The van der Waals surface area contributed by atoms with Gasteiger partial charge in [0.2, 0.25) is 17.5 Å². The van der Waals surface area contributed by atoms with E-state index in [9.17, 15) is 35.1 Å². The number of hydrogen-bond acceptors (Lipinski definition) is 11. The lowest BCUT2D eigenvalue weighted by Gasteiger charge is -2.40. The van der Waals surface area contributed by atoms with Gasteiger partial charge < -0.3 is 44.2 Å². The first-order valence-corrected chi connectivity index (χ1v) is 10.2. The topological polar surface area (TPSA) is 176 Å². The zero-order chi connectivity index (χ0) is 24.7. The molecule has 0 amide bonds. The van der Waals surface area contributed by atoms with E-state index in [0.29, 0.717) is 0 Å². The summed E-state index contributed by atoms with van der Waals surface area (Å²) < 4.78 is 22.0.